The van der Waals surface area contributed by atoms with Crippen molar-refractivity contribution in [2.45, 2.75) is 12.5 Å². The molecule has 0 aromatic heterocycles. The van der Waals surface area contributed by atoms with Gasteiger partial charge in [0.2, 0.25) is 5.91 Å². The van der Waals surface area contributed by atoms with Crippen molar-refractivity contribution in [3.05, 3.63) is 71.3 Å². The number of aliphatic carboxylic acids is 1. The molecule has 2 N–H and O–H groups in total. The number of halogens is 2. The predicted molar refractivity (Wildman–Crippen MR) is 75.0 cm³/mol. The van der Waals surface area contributed by atoms with E-state index < -0.39 is 29.6 Å². The molecular weight excluding hydrogens is 292 g/mol. The molecule has 2 rings (SSSR count). The van der Waals surface area contributed by atoms with Crippen molar-refractivity contribution >= 4 is 11.9 Å². The highest BCUT2D eigenvalue weighted by Gasteiger charge is 2.24. The van der Waals surface area contributed by atoms with Gasteiger partial charge < -0.3 is 10.4 Å². The summed E-state index contributed by atoms with van der Waals surface area (Å²) in [5.74, 6) is -3.10. The van der Waals surface area contributed by atoms with Gasteiger partial charge in [-0.05, 0) is 23.8 Å². The quantitative estimate of drug-likeness (QED) is 0.891. The molecule has 1 atom stereocenters. The topological polar surface area (TPSA) is 66.4 Å². The van der Waals surface area contributed by atoms with Crippen LogP contribution in [-0.2, 0) is 16.0 Å². The van der Waals surface area contributed by atoms with E-state index in [9.17, 15) is 23.5 Å². The third-order valence-corrected chi connectivity index (χ3v) is 3.05. The van der Waals surface area contributed by atoms with Crippen LogP contribution < -0.4 is 5.32 Å². The van der Waals surface area contributed by atoms with Crippen LogP contribution in [0, 0.1) is 11.6 Å². The monoisotopic (exact) mass is 305 g/mol. The molecule has 114 valence electrons. The number of hydrogen-bond acceptors (Lipinski definition) is 2. The first-order chi connectivity index (χ1) is 10.5. The third-order valence-electron chi connectivity index (χ3n) is 3.05. The van der Waals surface area contributed by atoms with E-state index in [2.05, 4.69) is 5.32 Å². The minimum atomic E-state index is -1.48. The SMILES string of the molecule is O=C(Cc1ccc(F)cc1)NC(C(=O)O)c1ccccc1F. The molecular formula is C16H13F2NO3. The number of carbonyl (C=O) groups excluding carboxylic acids is 1. The lowest BCUT2D eigenvalue weighted by Gasteiger charge is -2.15. The van der Waals surface area contributed by atoms with Crippen LogP contribution in [0.1, 0.15) is 17.2 Å². The third kappa shape index (κ3) is 3.88. The largest absolute Gasteiger partial charge is 0.479 e. The summed E-state index contributed by atoms with van der Waals surface area (Å²) in [7, 11) is 0. The van der Waals surface area contributed by atoms with Crippen LogP contribution in [-0.4, -0.2) is 17.0 Å². The highest BCUT2D eigenvalue weighted by molar-refractivity contribution is 5.85. The van der Waals surface area contributed by atoms with Gasteiger partial charge in [-0.3, -0.25) is 4.79 Å². The Balaban J connectivity index is 2.11. The molecule has 0 aliphatic heterocycles. The first-order valence-electron chi connectivity index (χ1n) is 6.48. The summed E-state index contributed by atoms with van der Waals surface area (Å²) in [6.07, 6.45) is -0.126. The molecule has 22 heavy (non-hydrogen) atoms. The highest BCUT2D eigenvalue weighted by atomic mass is 19.1. The number of rotatable bonds is 5. The minimum Gasteiger partial charge on any atom is -0.479 e. The molecule has 0 aliphatic carbocycles. The summed E-state index contributed by atoms with van der Waals surface area (Å²) in [6, 6.07) is 9.11. The van der Waals surface area contributed by atoms with Crippen LogP contribution >= 0.6 is 0 Å². The van der Waals surface area contributed by atoms with Gasteiger partial charge in [-0.1, -0.05) is 30.3 Å². The molecule has 0 heterocycles. The van der Waals surface area contributed by atoms with Crippen LogP contribution in [0.15, 0.2) is 48.5 Å². The molecule has 1 unspecified atom stereocenters. The van der Waals surface area contributed by atoms with E-state index in [0.29, 0.717) is 5.56 Å². The van der Waals surface area contributed by atoms with E-state index in [-0.39, 0.29) is 12.0 Å². The van der Waals surface area contributed by atoms with Gasteiger partial charge in [0.05, 0.1) is 6.42 Å². The molecule has 2 aromatic rings. The van der Waals surface area contributed by atoms with Gasteiger partial charge in [0.25, 0.3) is 0 Å². The Bertz CT molecular complexity index is 686. The van der Waals surface area contributed by atoms with Crippen molar-refractivity contribution in [1.29, 1.82) is 0 Å². The maximum atomic E-state index is 13.7. The maximum Gasteiger partial charge on any atom is 0.331 e. The normalized spacial score (nSPS) is 11.7. The summed E-state index contributed by atoms with van der Waals surface area (Å²) < 4.78 is 26.5. The summed E-state index contributed by atoms with van der Waals surface area (Å²) in [5.41, 5.74) is 0.402. The summed E-state index contributed by atoms with van der Waals surface area (Å²) in [6.45, 7) is 0. The number of carbonyl (C=O) groups is 2. The maximum absolute atomic E-state index is 13.7. The average molecular weight is 305 g/mol. The second-order valence-electron chi connectivity index (χ2n) is 4.66. The molecule has 0 radical (unpaired) electrons. The fourth-order valence-corrected chi connectivity index (χ4v) is 1.98. The number of benzene rings is 2. The van der Waals surface area contributed by atoms with Crippen molar-refractivity contribution in [1.82, 2.24) is 5.32 Å². The average Bonchev–Trinajstić information content (AvgIpc) is 2.48. The van der Waals surface area contributed by atoms with Crippen LogP contribution in [0.25, 0.3) is 0 Å². The van der Waals surface area contributed by atoms with Crippen molar-refractivity contribution in [2.24, 2.45) is 0 Å². The molecule has 1 amide bonds. The minimum absolute atomic E-state index is 0.123. The van der Waals surface area contributed by atoms with Gasteiger partial charge in [0, 0.05) is 5.56 Å². The second-order valence-corrected chi connectivity index (χ2v) is 4.66. The zero-order chi connectivity index (χ0) is 16.1. The summed E-state index contributed by atoms with van der Waals surface area (Å²) in [5, 5.41) is 11.4. The van der Waals surface area contributed by atoms with Gasteiger partial charge in [-0.15, -0.1) is 0 Å². The van der Waals surface area contributed by atoms with E-state index >= 15 is 0 Å². The molecule has 0 saturated heterocycles. The van der Waals surface area contributed by atoms with Crippen molar-refractivity contribution in [2.75, 3.05) is 0 Å². The Morgan fingerprint density at radius 2 is 1.68 bits per heavy atom. The second kappa shape index (κ2) is 6.80. The zero-order valence-electron chi connectivity index (χ0n) is 11.4. The fraction of sp³-hybridized carbons (Fsp3) is 0.125. The van der Waals surface area contributed by atoms with Gasteiger partial charge in [0.1, 0.15) is 11.6 Å². The molecule has 4 nitrogen and oxygen atoms in total. The summed E-state index contributed by atoms with van der Waals surface area (Å²) >= 11 is 0. The van der Waals surface area contributed by atoms with Crippen LogP contribution in [0.3, 0.4) is 0 Å². The molecule has 6 heteroatoms. The smallest absolute Gasteiger partial charge is 0.331 e. The molecule has 0 bridgehead atoms. The number of nitrogens with one attached hydrogen (secondary N) is 1. The van der Waals surface area contributed by atoms with E-state index in [1.807, 2.05) is 0 Å². The fourth-order valence-electron chi connectivity index (χ4n) is 1.98. The zero-order valence-corrected chi connectivity index (χ0v) is 11.4. The molecule has 0 saturated carbocycles. The van der Waals surface area contributed by atoms with E-state index in [4.69, 9.17) is 0 Å². The number of amides is 1. The number of carboxylic acids is 1. The first kappa shape index (κ1) is 15.6. The standard InChI is InChI=1S/C16H13F2NO3/c17-11-7-5-10(6-8-11)9-14(20)19-15(16(21)22)12-3-1-2-4-13(12)18/h1-8,15H,9H2,(H,19,20)(H,21,22). The number of carboxylic acid groups (broad SMARTS) is 1. The van der Waals surface area contributed by atoms with Crippen LogP contribution in [0.4, 0.5) is 8.78 Å². The van der Waals surface area contributed by atoms with Gasteiger partial charge in [-0.25, -0.2) is 13.6 Å². The lowest BCUT2D eigenvalue weighted by Crippen LogP contribution is -2.35. The van der Waals surface area contributed by atoms with E-state index in [0.717, 1.165) is 6.07 Å². The number of hydrogen-bond donors (Lipinski definition) is 2. The predicted octanol–water partition coefficient (Wildman–Crippen LogP) is 2.45. The molecule has 0 spiro atoms. The first-order valence-corrected chi connectivity index (χ1v) is 6.48. The Hall–Kier alpha value is -2.76. The molecule has 0 aliphatic rings. The van der Waals surface area contributed by atoms with Gasteiger partial charge >= 0.3 is 5.97 Å². The molecule has 0 fully saturated rings. The highest BCUT2D eigenvalue weighted by Crippen LogP contribution is 2.17. The molecule has 2 aromatic carbocycles. The summed E-state index contributed by atoms with van der Waals surface area (Å²) in [4.78, 5) is 23.2. The van der Waals surface area contributed by atoms with Crippen molar-refractivity contribution in [3.8, 4) is 0 Å². The van der Waals surface area contributed by atoms with Crippen molar-refractivity contribution in [3.63, 3.8) is 0 Å². The van der Waals surface area contributed by atoms with Crippen LogP contribution in [0.5, 0.6) is 0 Å². The van der Waals surface area contributed by atoms with E-state index in [1.54, 1.807) is 0 Å². The van der Waals surface area contributed by atoms with Crippen molar-refractivity contribution < 1.29 is 23.5 Å². The Kier molecular flexibility index (Phi) is 4.83. The lowest BCUT2D eigenvalue weighted by atomic mass is 10.1. The van der Waals surface area contributed by atoms with E-state index in [1.165, 1.54) is 42.5 Å². The lowest BCUT2D eigenvalue weighted by molar-refractivity contribution is -0.142. The Morgan fingerprint density at radius 3 is 2.27 bits per heavy atom. The van der Waals surface area contributed by atoms with Crippen LogP contribution in [0.2, 0.25) is 0 Å². The Labute approximate surface area is 125 Å². The van der Waals surface area contributed by atoms with Gasteiger partial charge in [-0.2, -0.15) is 0 Å². The van der Waals surface area contributed by atoms with Gasteiger partial charge in [0.15, 0.2) is 6.04 Å². The Morgan fingerprint density at radius 1 is 1.05 bits per heavy atom.